The standard InChI is InChI=1S/C6H5N.CH3.V/c7-6-4-2-1-3-5-6;;/h1-5H;1H3;. The molecule has 0 atom stereocenters. The first kappa shape index (κ1) is 6.72. The van der Waals surface area contributed by atoms with Gasteiger partial charge >= 0.3 is 61.5 Å². The maximum atomic E-state index is 4.30. The van der Waals surface area contributed by atoms with E-state index in [1.807, 2.05) is 30.3 Å². The second-order valence-electron chi connectivity index (χ2n) is 1.64. The molecule has 0 aliphatic carbocycles. The van der Waals surface area contributed by atoms with Crippen molar-refractivity contribution >= 4 is 5.69 Å². The van der Waals surface area contributed by atoms with Crippen molar-refractivity contribution in [3.05, 3.63) is 30.3 Å². The Kier molecular flexibility index (Phi) is 2.69. The van der Waals surface area contributed by atoms with Crippen molar-refractivity contribution in [1.29, 1.82) is 0 Å². The molecule has 1 aromatic carbocycles. The van der Waals surface area contributed by atoms with Gasteiger partial charge in [0.2, 0.25) is 0 Å². The Morgan fingerprint density at radius 3 is 2.44 bits per heavy atom. The van der Waals surface area contributed by atoms with E-state index in [9.17, 15) is 0 Å². The molecule has 0 amide bonds. The molecule has 2 heteroatoms. The molecular weight excluding hydrogens is 149 g/mol. The van der Waals surface area contributed by atoms with Crippen LogP contribution in [0.15, 0.2) is 34.1 Å². The summed E-state index contributed by atoms with van der Waals surface area (Å²) in [5, 5.41) is 0. The topological polar surface area (TPSA) is 12.4 Å². The fourth-order valence-corrected chi connectivity index (χ4v) is 1.18. The SMILES string of the molecule is [CH3][V]=[N]c1ccccc1. The number of nitrogens with zero attached hydrogens (tertiary/aromatic N) is 1. The van der Waals surface area contributed by atoms with E-state index < -0.39 is 0 Å². The van der Waals surface area contributed by atoms with E-state index in [0.717, 1.165) is 5.69 Å². The van der Waals surface area contributed by atoms with Crippen molar-refractivity contribution in [2.75, 3.05) is 0 Å². The van der Waals surface area contributed by atoms with E-state index in [0.29, 0.717) is 0 Å². The maximum absolute atomic E-state index is 4.30. The van der Waals surface area contributed by atoms with Gasteiger partial charge in [0, 0.05) is 0 Å². The minimum atomic E-state index is 0.174. The van der Waals surface area contributed by atoms with Gasteiger partial charge in [-0.15, -0.1) is 0 Å². The second-order valence-corrected chi connectivity index (χ2v) is 2.57. The first-order chi connectivity index (χ1) is 4.43. The molecule has 0 N–H and O–H groups in total. The van der Waals surface area contributed by atoms with Crippen LogP contribution in [0, 0.1) is 0 Å². The van der Waals surface area contributed by atoms with Crippen LogP contribution in [0.1, 0.15) is 0 Å². The molecular formula is C7H8NV. The van der Waals surface area contributed by atoms with Crippen LogP contribution in [0.3, 0.4) is 0 Å². The average molecular weight is 157 g/mol. The normalized spacial score (nSPS) is 10.3. The summed E-state index contributed by atoms with van der Waals surface area (Å²) in [6.45, 7) is 0. The number of benzene rings is 1. The summed E-state index contributed by atoms with van der Waals surface area (Å²) < 4.78 is 4.30. The molecule has 0 aliphatic rings. The van der Waals surface area contributed by atoms with E-state index in [-0.39, 0.29) is 16.1 Å². The zero-order valence-corrected chi connectivity index (χ0v) is 6.68. The van der Waals surface area contributed by atoms with Gasteiger partial charge in [-0.3, -0.25) is 0 Å². The summed E-state index contributed by atoms with van der Waals surface area (Å²) in [5.41, 5.74) is 3.24. The minimum absolute atomic E-state index is 0.174. The molecule has 0 aromatic heterocycles. The molecule has 1 nitrogen and oxygen atoms in total. The van der Waals surface area contributed by atoms with E-state index in [1.165, 1.54) is 0 Å². The Hall–Kier alpha value is -0.396. The summed E-state index contributed by atoms with van der Waals surface area (Å²) in [4.78, 5) is 0. The van der Waals surface area contributed by atoms with Crippen LogP contribution in [-0.2, 0) is 16.1 Å². The third-order valence-corrected chi connectivity index (χ3v) is 1.64. The molecule has 0 spiro atoms. The molecule has 0 bridgehead atoms. The summed E-state index contributed by atoms with van der Waals surface area (Å²) in [5.74, 6) is 0. The van der Waals surface area contributed by atoms with E-state index in [1.54, 1.807) is 0 Å². The average Bonchev–Trinajstić information content (AvgIpc) is 1.91. The Labute approximate surface area is 62.0 Å². The van der Waals surface area contributed by atoms with Crippen LogP contribution in [-0.4, -0.2) is 0 Å². The van der Waals surface area contributed by atoms with Gasteiger partial charge < -0.3 is 0 Å². The Morgan fingerprint density at radius 1 is 1.22 bits per heavy atom. The molecule has 0 radical (unpaired) electrons. The summed E-state index contributed by atoms with van der Waals surface area (Å²) in [6.07, 6.45) is 0. The predicted octanol–water partition coefficient (Wildman–Crippen LogP) is 2.63. The zero-order chi connectivity index (χ0) is 6.53. The Bertz CT molecular complexity index is 193. The van der Waals surface area contributed by atoms with Crippen LogP contribution < -0.4 is 0 Å². The third kappa shape index (κ3) is 2.12. The molecule has 9 heavy (non-hydrogen) atoms. The van der Waals surface area contributed by atoms with Crippen LogP contribution in [0.5, 0.6) is 0 Å². The van der Waals surface area contributed by atoms with Crippen molar-refractivity contribution in [1.82, 2.24) is 0 Å². The van der Waals surface area contributed by atoms with Crippen LogP contribution >= 0.6 is 0 Å². The quantitative estimate of drug-likeness (QED) is 0.594. The van der Waals surface area contributed by atoms with E-state index in [2.05, 4.69) is 9.43 Å². The van der Waals surface area contributed by atoms with Crippen molar-refractivity contribution in [3.8, 4) is 0 Å². The van der Waals surface area contributed by atoms with Crippen LogP contribution in [0.4, 0.5) is 5.69 Å². The molecule has 0 unspecified atom stereocenters. The Balaban J connectivity index is 2.85. The molecule has 0 saturated heterocycles. The Morgan fingerprint density at radius 2 is 1.89 bits per heavy atom. The first-order valence-corrected chi connectivity index (χ1v) is 4.80. The fraction of sp³-hybridized carbons (Fsp3) is 0.143. The molecule has 46 valence electrons. The molecule has 0 saturated carbocycles. The van der Waals surface area contributed by atoms with E-state index in [4.69, 9.17) is 0 Å². The van der Waals surface area contributed by atoms with Gasteiger partial charge in [-0.2, -0.15) is 0 Å². The van der Waals surface area contributed by atoms with Crippen molar-refractivity contribution in [2.24, 2.45) is 3.79 Å². The molecule has 0 heterocycles. The van der Waals surface area contributed by atoms with Gasteiger partial charge in [0.25, 0.3) is 0 Å². The second kappa shape index (κ2) is 3.60. The summed E-state index contributed by atoms with van der Waals surface area (Å²) in [7, 11) is 0. The molecule has 1 rings (SSSR count). The van der Waals surface area contributed by atoms with Crippen LogP contribution in [0.2, 0.25) is 5.64 Å². The number of rotatable bonds is 1. The van der Waals surface area contributed by atoms with Crippen LogP contribution in [0.25, 0.3) is 0 Å². The van der Waals surface area contributed by atoms with Gasteiger partial charge in [0.1, 0.15) is 0 Å². The summed E-state index contributed by atoms with van der Waals surface area (Å²) >= 11 is 0.174. The van der Waals surface area contributed by atoms with Gasteiger partial charge in [-0.25, -0.2) is 0 Å². The van der Waals surface area contributed by atoms with Gasteiger partial charge in [-0.1, -0.05) is 0 Å². The van der Waals surface area contributed by atoms with Crippen molar-refractivity contribution < 1.29 is 16.1 Å². The summed E-state index contributed by atoms with van der Waals surface area (Å²) in [6, 6.07) is 10.1. The fourth-order valence-electron chi connectivity index (χ4n) is 0.610. The number of hydrogen-bond donors (Lipinski definition) is 0. The molecule has 0 fully saturated rings. The van der Waals surface area contributed by atoms with E-state index >= 15 is 0 Å². The zero-order valence-electron chi connectivity index (χ0n) is 5.28. The molecule has 1 aromatic rings. The first-order valence-electron chi connectivity index (χ1n) is 2.78. The van der Waals surface area contributed by atoms with Crippen molar-refractivity contribution in [2.45, 2.75) is 5.64 Å². The van der Waals surface area contributed by atoms with Gasteiger partial charge in [0.15, 0.2) is 0 Å². The third-order valence-electron chi connectivity index (χ3n) is 0.972. The monoisotopic (exact) mass is 157 g/mol. The molecule has 0 aliphatic heterocycles. The predicted molar refractivity (Wildman–Crippen MR) is 34.4 cm³/mol. The van der Waals surface area contributed by atoms with Gasteiger partial charge in [-0.05, 0) is 0 Å². The van der Waals surface area contributed by atoms with Crippen molar-refractivity contribution in [3.63, 3.8) is 0 Å². The number of hydrogen-bond acceptors (Lipinski definition) is 1. The van der Waals surface area contributed by atoms with Gasteiger partial charge in [0.05, 0.1) is 0 Å².